The Morgan fingerprint density at radius 1 is 1.41 bits per heavy atom. The van der Waals surface area contributed by atoms with Crippen molar-refractivity contribution in [1.82, 2.24) is 9.78 Å². The van der Waals surface area contributed by atoms with E-state index in [1.54, 1.807) is 16.9 Å². The fourth-order valence-corrected chi connectivity index (χ4v) is 4.02. The van der Waals surface area contributed by atoms with Crippen LogP contribution in [0.1, 0.15) is 19.4 Å². The first-order chi connectivity index (χ1) is 10.4. The third-order valence-corrected chi connectivity index (χ3v) is 5.39. The van der Waals surface area contributed by atoms with Gasteiger partial charge in [0, 0.05) is 12.7 Å². The Morgan fingerprint density at radius 2 is 2.18 bits per heavy atom. The number of hydrogen-bond donors (Lipinski definition) is 0. The van der Waals surface area contributed by atoms with Crippen molar-refractivity contribution in [1.29, 1.82) is 0 Å². The van der Waals surface area contributed by atoms with Gasteiger partial charge in [-0.15, -0.1) is 0 Å². The highest BCUT2D eigenvalue weighted by atomic mass is 32.2. The topological polar surface area (TPSA) is 64.4 Å². The average Bonchev–Trinajstić information content (AvgIpc) is 2.95. The minimum Gasteiger partial charge on any atom is -0.487 e. The summed E-state index contributed by atoms with van der Waals surface area (Å²) in [6.07, 6.45) is 2.75. The van der Waals surface area contributed by atoms with Crippen molar-refractivity contribution in [2.75, 3.05) is 10.8 Å². The third kappa shape index (κ3) is 2.45. The molecule has 0 unspecified atom stereocenters. The van der Waals surface area contributed by atoms with Crippen LogP contribution in [-0.4, -0.2) is 30.8 Å². The van der Waals surface area contributed by atoms with E-state index < -0.39 is 10.0 Å². The number of fused-ring (bicyclic) bond motifs is 1. The predicted octanol–water partition coefficient (Wildman–Crippen LogP) is 2.19. The highest BCUT2D eigenvalue weighted by molar-refractivity contribution is 7.92. The Labute approximate surface area is 130 Å². The van der Waals surface area contributed by atoms with Crippen LogP contribution in [0.3, 0.4) is 0 Å². The summed E-state index contributed by atoms with van der Waals surface area (Å²) in [5.74, 6) is 0.602. The maximum Gasteiger partial charge on any atom is 0.267 e. The molecule has 7 heteroatoms. The number of anilines is 1. The molecule has 1 aromatic heterocycles. The first-order valence-corrected chi connectivity index (χ1v) is 8.68. The molecule has 0 spiro atoms. The van der Waals surface area contributed by atoms with Crippen molar-refractivity contribution < 1.29 is 13.2 Å². The second kappa shape index (κ2) is 5.31. The van der Waals surface area contributed by atoms with E-state index in [4.69, 9.17) is 4.74 Å². The molecule has 6 nitrogen and oxygen atoms in total. The Balaban J connectivity index is 2.08. The van der Waals surface area contributed by atoms with E-state index in [2.05, 4.69) is 5.10 Å². The van der Waals surface area contributed by atoms with Crippen LogP contribution in [-0.2, 0) is 16.6 Å². The number of ether oxygens (including phenoxy) is 1. The van der Waals surface area contributed by atoms with E-state index in [0.29, 0.717) is 18.0 Å². The number of nitrogens with zero attached hydrogens (tertiary/aromatic N) is 3. The average molecular weight is 321 g/mol. The number of rotatable bonds is 3. The second-order valence-corrected chi connectivity index (χ2v) is 7.33. The molecule has 0 radical (unpaired) electrons. The van der Waals surface area contributed by atoms with Gasteiger partial charge in [-0.2, -0.15) is 5.10 Å². The van der Waals surface area contributed by atoms with Crippen LogP contribution in [0.2, 0.25) is 0 Å². The Hall–Kier alpha value is -2.02. The van der Waals surface area contributed by atoms with Gasteiger partial charge in [-0.3, -0.25) is 8.99 Å². The summed E-state index contributed by atoms with van der Waals surface area (Å²) in [6, 6.07) is 5.54. The molecule has 0 bridgehead atoms. The van der Waals surface area contributed by atoms with E-state index in [-0.39, 0.29) is 17.5 Å². The summed E-state index contributed by atoms with van der Waals surface area (Å²) in [5.41, 5.74) is 1.61. The lowest BCUT2D eigenvalue weighted by molar-refractivity contribution is 0.219. The quantitative estimate of drug-likeness (QED) is 0.869. The van der Waals surface area contributed by atoms with Crippen molar-refractivity contribution in [3.05, 3.63) is 36.2 Å². The van der Waals surface area contributed by atoms with Gasteiger partial charge in [0.05, 0.1) is 18.4 Å². The van der Waals surface area contributed by atoms with E-state index in [1.807, 2.05) is 32.9 Å². The molecule has 0 saturated heterocycles. The predicted molar refractivity (Wildman–Crippen MR) is 83.7 cm³/mol. The normalized spacial score (nSPS) is 18.0. The molecule has 1 atom stereocenters. The van der Waals surface area contributed by atoms with Crippen LogP contribution in [0.5, 0.6) is 5.75 Å². The van der Waals surface area contributed by atoms with E-state index in [0.717, 1.165) is 5.56 Å². The summed E-state index contributed by atoms with van der Waals surface area (Å²) in [5, 5.41) is 4.06. The number of benzene rings is 1. The largest absolute Gasteiger partial charge is 0.487 e. The van der Waals surface area contributed by atoms with Gasteiger partial charge in [-0.25, -0.2) is 8.42 Å². The van der Waals surface area contributed by atoms with Crippen LogP contribution in [0.15, 0.2) is 35.5 Å². The summed E-state index contributed by atoms with van der Waals surface area (Å²) >= 11 is 0. The Bertz CT molecular complexity index is 798. The van der Waals surface area contributed by atoms with Gasteiger partial charge in [0.15, 0.2) is 0 Å². The minimum atomic E-state index is -3.64. The molecule has 1 aliphatic rings. The number of hydrogen-bond acceptors (Lipinski definition) is 4. The van der Waals surface area contributed by atoms with Gasteiger partial charge in [-0.1, -0.05) is 6.07 Å². The van der Waals surface area contributed by atoms with Gasteiger partial charge >= 0.3 is 0 Å². The lowest BCUT2D eigenvalue weighted by atomic mass is 10.2. The fraction of sp³-hybridized carbons (Fsp3) is 0.400. The van der Waals surface area contributed by atoms with Gasteiger partial charge in [-0.05, 0) is 38.5 Å². The maximum atomic E-state index is 12.9. The molecule has 2 heterocycles. The summed E-state index contributed by atoms with van der Waals surface area (Å²) in [6.45, 7) is 6.65. The molecule has 118 valence electrons. The third-order valence-electron chi connectivity index (χ3n) is 3.66. The fourth-order valence-electron chi connectivity index (χ4n) is 2.51. The van der Waals surface area contributed by atoms with Crippen molar-refractivity contribution in [2.24, 2.45) is 0 Å². The number of aromatic nitrogens is 2. The molecule has 2 aromatic rings. The molecule has 0 amide bonds. The molecule has 3 rings (SSSR count). The second-order valence-electron chi connectivity index (χ2n) is 5.47. The van der Waals surface area contributed by atoms with Gasteiger partial charge in [0.25, 0.3) is 10.0 Å². The zero-order valence-corrected chi connectivity index (χ0v) is 13.7. The smallest absolute Gasteiger partial charge is 0.267 e. The van der Waals surface area contributed by atoms with Crippen LogP contribution >= 0.6 is 0 Å². The van der Waals surface area contributed by atoms with Gasteiger partial charge in [0.1, 0.15) is 16.7 Å². The molecule has 1 aromatic carbocycles. The summed E-state index contributed by atoms with van der Waals surface area (Å²) in [7, 11) is -3.64. The van der Waals surface area contributed by atoms with Crippen LogP contribution < -0.4 is 9.04 Å². The maximum absolute atomic E-state index is 12.9. The van der Waals surface area contributed by atoms with Crippen LogP contribution in [0.25, 0.3) is 0 Å². The first kappa shape index (κ1) is 14.9. The lowest BCUT2D eigenvalue weighted by Gasteiger charge is -2.33. The summed E-state index contributed by atoms with van der Waals surface area (Å²) < 4.78 is 34.6. The van der Waals surface area contributed by atoms with Crippen molar-refractivity contribution in [3.63, 3.8) is 0 Å². The molecule has 0 saturated carbocycles. The van der Waals surface area contributed by atoms with Crippen LogP contribution in [0.4, 0.5) is 5.69 Å². The summed E-state index contributed by atoms with van der Waals surface area (Å²) in [4.78, 5) is 0.204. The molecule has 0 fully saturated rings. The molecule has 0 N–H and O–H groups in total. The number of aryl methyl sites for hydroxylation is 2. The van der Waals surface area contributed by atoms with Crippen molar-refractivity contribution >= 4 is 15.7 Å². The minimum absolute atomic E-state index is 0.203. The SMILES string of the molecule is CCn1cc(S(=O)(=O)N2C[C@H](C)Oc3cc(C)ccc32)cn1. The Kier molecular flexibility index (Phi) is 3.60. The first-order valence-electron chi connectivity index (χ1n) is 7.24. The molecule has 1 aliphatic heterocycles. The highest BCUT2D eigenvalue weighted by Gasteiger charge is 2.33. The lowest BCUT2D eigenvalue weighted by Crippen LogP contribution is -2.42. The highest BCUT2D eigenvalue weighted by Crippen LogP contribution is 2.37. The molecule has 0 aliphatic carbocycles. The molecular weight excluding hydrogens is 302 g/mol. The van der Waals surface area contributed by atoms with Crippen LogP contribution in [0, 0.1) is 6.92 Å². The number of sulfonamides is 1. The van der Waals surface area contributed by atoms with E-state index in [9.17, 15) is 8.42 Å². The van der Waals surface area contributed by atoms with E-state index in [1.165, 1.54) is 10.5 Å². The standard InChI is InChI=1S/C15H19N3O3S/c1-4-17-10-13(8-16-17)22(19,20)18-9-12(3)21-15-7-11(2)5-6-14(15)18/h5-8,10,12H,4,9H2,1-3H3/t12-/m0/s1. The Morgan fingerprint density at radius 3 is 2.86 bits per heavy atom. The zero-order chi connectivity index (χ0) is 15.9. The van der Waals surface area contributed by atoms with Crippen molar-refractivity contribution in [2.45, 2.75) is 38.3 Å². The molecular formula is C15H19N3O3S. The van der Waals surface area contributed by atoms with Gasteiger partial charge < -0.3 is 4.74 Å². The molecule has 22 heavy (non-hydrogen) atoms. The monoisotopic (exact) mass is 321 g/mol. The van der Waals surface area contributed by atoms with E-state index >= 15 is 0 Å². The van der Waals surface area contributed by atoms with Gasteiger partial charge in [0.2, 0.25) is 0 Å². The zero-order valence-electron chi connectivity index (χ0n) is 12.9. The van der Waals surface area contributed by atoms with Crippen molar-refractivity contribution in [3.8, 4) is 5.75 Å².